The van der Waals surface area contributed by atoms with Crippen molar-refractivity contribution in [1.82, 2.24) is 0 Å². The quantitative estimate of drug-likeness (QED) is 0.324. The third kappa shape index (κ3) is 3.10. The molecule has 1 aliphatic heterocycles. The molecule has 0 N–H and O–H groups in total. The van der Waals surface area contributed by atoms with Crippen LogP contribution in [0.5, 0.6) is 5.75 Å². The van der Waals surface area contributed by atoms with Gasteiger partial charge in [-0.1, -0.05) is 0 Å². The summed E-state index contributed by atoms with van der Waals surface area (Å²) in [6.45, 7) is 6.01. The Labute approximate surface area is 155 Å². The van der Waals surface area contributed by atoms with E-state index in [0.717, 1.165) is 16.7 Å². The largest absolute Gasteiger partial charge is 0.488 e. The molecule has 0 saturated heterocycles. The lowest BCUT2D eigenvalue weighted by atomic mass is 10.1. The number of hydrogen-bond acceptors (Lipinski definition) is 3. The van der Waals surface area contributed by atoms with Crippen molar-refractivity contribution < 1.29 is 9.15 Å². The van der Waals surface area contributed by atoms with Crippen LogP contribution in [0.3, 0.4) is 0 Å². The molecular formula is C17H14I2O3. The lowest BCUT2D eigenvalue weighted by Crippen LogP contribution is -2.22. The third-order valence-corrected chi connectivity index (χ3v) is 4.87. The first-order chi connectivity index (χ1) is 10.2. The van der Waals surface area contributed by atoms with Crippen LogP contribution in [-0.2, 0) is 0 Å². The van der Waals surface area contributed by atoms with Gasteiger partial charge in [-0.2, -0.15) is 0 Å². The Morgan fingerprint density at radius 2 is 1.82 bits per heavy atom. The third-order valence-electron chi connectivity index (χ3n) is 3.09. The van der Waals surface area contributed by atoms with Crippen molar-refractivity contribution >= 4 is 56.2 Å². The van der Waals surface area contributed by atoms with Gasteiger partial charge in [-0.05, 0) is 90.2 Å². The molecule has 1 heterocycles. The predicted molar refractivity (Wildman–Crippen MR) is 105 cm³/mol. The predicted octanol–water partition coefficient (Wildman–Crippen LogP) is 5.28. The molecule has 5 heteroatoms. The molecule has 3 rings (SSSR count). The van der Waals surface area contributed by atoms with Crippen LogP contribution in [0.1, 0.15) is 20.8 Å². The van der Waals surface area contributed by atoms with Crippen molar-refractivity contribution in [1.29, 1.82) is 0 Å². The first kappa shape index (κ1) is 16.0. The Morgan fingerprint density at radius 3 is 2.50 bits per heavy atom. The van der Waals surface area contributed by atoms with Gasteiger partial charge in [-0.25, -0.2) is 0 Å². The number of fused-ring (bicyclic) bond motifs is 2. The number of rotatable bonds is 1. The molecule has 2 aliphatic rings. The van der Waals surface area contributed by atoms with E-state index in [2.05, 4.69) is 22.6 Å². The molecule has 0 radical (unpaired) electrons. The topological polar surface area (TPSA) is 39.4 Å². The summed E-state index contributed by atoms with van der Waals surface area (Å²) in [6, 6.07) is 9.69. The highest BCUT2D eigenvalue weighted by Crippen LogP contribution is 2.33. The molecule has 0 unspecified atom stereocenters. The Bertz CT molecular complexity index is 891. The smallest absolute Gasteiger partial charge is 0.209 e. The van der Waals surface area contributed by atoms with Crippen LogP contribution in [0.4, 0.5) is 0 Å². The Kier molecular flexibility index (Phi) is 4.13. The Hall–Kier alpha value is -0.830. The second-order valence-electron chi connectivity index (χ2n) is 6.08. The first-order valence-corrected chi connectivity index (χ1v) is 8.95. The fourth-order valence-corrected chi connectivity index (χ4v) is 4.06. The molecule has 0 bridgehead atoms. The van der Waals surface area contributed by atoms with Crippen LogP contribution < -0.4 is 10.2 Å². The van der Waals surface area contributed by atoms with Crippen LogP contribution in [0, 0.1) is 7.14 Å². The molecule has 1 aromatic rings. The molecule has 0 atom stereocenters. The van der Waals surface area contributed by atoms with Crippen LogP contribution in [-0.4, -0.2) is 5.60 Å². The van der Waals surface area contributed by atoms with Gasteiger partial charge in [0, 0.05) is 17.0 Å². The zero-order valence-corrected chi connectivity index (χ0v) is 16.7. The highest BCUT2D eigenvalue weighted by Gasteiger charge is 2.17. The van der Waals surface area contributed by atoms with Crippen LogP contribution >= 0.6 is 45.2 Å². The zero-order valence-electron chi connectivity index (χ0n) is 12.4. The van der Waals surface area contributed by atoms with E-state index in [9.17, 15) is 4.79 Å². The Balaban J connectivity index is 2.24. The molecule has 0 amide bonds. The second kappa shape index (κ2) is 5.67. The molecule has 1 aliphatic carbocycles. The number of benzene rings is 2. The summed E-state index contributed by atoms with van der Waals surface area (Å²) in [5.74, 6) is 1.39. The molecule has 22 heavy (non-hydrogen) atoms. The van der Waals surface area contributed by atoms with Crippen molar-refractivity contribution in [2.75, 3.05) is 0 Å². The van der Waals surface area contributed by atoms with Gasteiger partial charge in [-0.15, -0.1) is 0 Å². The molecule has 3 nitrogen and oxygen atoms in total. The van der Waals surface area contributed by atoms with Gasteiger partial charge in [0.2, 0.25) is 5.43 Å². The van der Waals surface area contributed by atoms with E-state index in [1.807, 2.05) is 73.7 Å². The zero-order chi connectivity index (χ0) is 16.1. The van der Waals surface area contributed by atoms with Crippen molar-refractivity contribution in [2.24, 2.45) is 0 Å². The standard InChI is InChI=1S/C17H14I2O3/c1-17(2,3)22-11-5-4-9-6-10-7-12(18)15(20)14(19)16(10)21-13(9)8-11/h4-8H,1-3H3. The maximum Gasteiger partial charge on any atom is 0.209 e. The van der Waals surface area contributed by atoms with E-state index in [0.29, 0.717) is 18.5 Å². The molecular weight excluding hydrogens is 506 g/mol. The van der Waals surface area contributed by atoms with Gasteiger partial charge in [0.1, 0.15) is 20.5 Å². The van der Waals surface area contributed by atoms with Crippen molar-refractivity contribution in [3.63, 3.8) is 0 Å². The second-order valence-corrected chi connectivity index (χ2v) is 8.32. The SMILES string of the molecule is CC(C)(C)Oc1ccc2cc3cc(I)c(=O)c(I)c-3oc2c1. The number of halogens is 2. The highest BCUT2D eigenvalue weighted by molar-refractivity contribution is 14.1. The Morgan fingerprint density at radius 1 is 1.09 bits per heavy atom. The maximum atomic E-state index is 12.1. The molecule has 0 fully saturated rings. The maximum absolute atomic E-state index is 12.1. The van der Waals surface area contributed by atoms with Gasteiger partial charge >= 0.3 is 0 Å². The summed E-state index contributed by atoms with van der Waals surface area (Å²) in [6.07, 6.45) is 0. The van der Waals surface area contributed by atoms with Gasteiger partial charge < -0.3 is 9.15 Å². The minimum atomic E-state index is -0.267. The fraction of sp³-hybridized carbons (Fsp3) is 0.235. The van der Waals surface area contributed by atoms with Gasteiger partial charge in [0.05, 0.1) is 3.57 Å². The van der Waals surface area contributed by atoms with Gasteiger partial charge in [-0.3, -0.25) is 4.79 Å². The van der Waals surface area contributed by atoms with Crippen molar-refractivity contribution in [2.45, 2.75) is 26.4 Å². The van der Waals surface area contributed by atoms with E-state index in [1.54, 1.807) is 0 Å². The van der Waals surface area contributed by atoms with Gasteiger partial charge in [0.25, 0.3) is 0 Å². The summed E-state index contributed by atoms with van der Waals surface area (Å²) < 4.78 is 13.2. The number of ether oxygens (including phenoxy) is 1. The summed E-state index contributed by atoms with van der Waals surface area (Å²) in [5.41, 5.74) is 1.40. The van der Waals surface area contributed by atoms with Gasteiger partial charge in [0.15, 0.2) is 5.76 Å². The van der Waals surface area contributed by atoms with Crippen LogP contribution in [0.15, 0.2) is 39.5 Å². The summed E-state index contributed by atoms with van der Waals surface area (Å²) in [4.78, 5) is 12.1. The molecule has 0 saturated carbocycles. The fourth-order valence-electron chi connectivity index (χ4n) is 2.23. The van der Waals surface area contributed by atoms with E-state index in [4.69, 9.17) is 9.15 Å². The first-order valence-electron chi connectivity index (χ1n) is 6.79. The number of hydrogen-bond donors (Lipinski definition) is 0. The average molecular weight is 520 g/mol. The monoisotopic (exact) mass is 520 g/mol. The van der Waals surface area contributed by atoms with Crippen molar-refractivity contribution in [3.05, 3.63) is 47.7 Å². The molecule has 114 valence electrons. The minimum absolute atomic E-state index is 0.0129. The van der Waals surface area contributed by atoms with E-state index < -0.39 is 0 Å². The van der Waals surface area contributed by atoms with E-state index in [1.165, 1.54) is 0 Å². The summed E-state index contributed by atoms with van der Waals surface area (Å²) >= 11 is 4.11. The van der Waals surface area contributed by atoms with Crippen LogP contribution in [0.2, 0.25) is 0 Å². The normalized spacial score (nSPS) is 12.0. The molecule has 1 aromatic carbocycles. The van der Waals surface area contributed by atoms with Crippen LogP contribution in [0.25, 0.3) is 22.3 Å². The average Bonchev–Trinajstić information content (AvgIpc) is 2.42. The minimum Gasteiger partial charge on any atom is -0.488 e. The van der Waals surface area contributed by atoms with E-state index >= 15 is 0 Å². The molecule has 0 aromatic heterocycles. The van der Waals surface area contributed by atoms with E-state index in [-0.39, 0.29) is 11.0 Å². The highest BCUT2D eigenvalue weighted by atomic mass is 127. The summed E-state index contributed by atoms with van der Waals surface area (Å²) in [7, 11) is 0. The summed E-state index contributed by atoms with van der Waals surface area (Å²) in [5, 5.41) is 0.985. The van der Waals surface area contributed by atoms with Crippen molar-refractivity contribution in [3.8, 4) is 17.1 Å². The lowest BCUT2D eigenvalue weighted by molar-refractivity contribution is 0.131. The molecule has 0 spiro atoms. The lowest BCUT2D eigenvalue weighted by Gasteiger charge is -2.21.